The zero-order valence-electron chi connectivity index (χ0n) is 9.01. The van der Waals surface area contributed by atoms with E-state index in [1.165, 1.54) is 41.4 Å². The zero-order chi connectivity index (χ0) is 10.5. The predicted octanol–water partition coefficient (Wildman–Crippen LogP) is 4.28. The highest BCUT2D eigenvalue weighted by atomic mass is 127. The maximum atomic E-state index is 3.54. The fourth-order valence-electron chi connectivity index (χ4n) is 2.22. The normalized spacial score (nSPS) is 17.7. The Balaban J connectivity index is 1.79. The molecule has 1 fully saturated rings. The first-order valence-electron chi connectivity index (χ1n) is 5.84. The molecule has 0 atom stereocenters. The van der Waals surface area contributed by atoms with Gasteiger partial charge >= 0.3 is 0 Å². The number of benzene rings is 1. The van der Waals surface area contributed by atoms with Crippen molar-refractivity contribution in [3.05, 3.63) is 27.8 Å². The summed E-state index contributed by atoms with van der Waals surface area (Å²) in [6.07, 6.45) is 7.13. The lowest BCUT2D eigenvalue weighted by atomic mass is 9.89. The summed E-state index contributed by atoms with van der Waals surface area (Å²) >= 11 is 2.34. The third-order valence-corrected chi connectivity index (χ3v) is 3.88. The summed E-state index contributed by atoms with van der Waals surface area (Å²) in [6.45, 7) is 1.15. The molecule has 0 spiro atoms. The van der Waals surface area contributed by atoms with Gasteiger partial charge in [-0.3, -0.25) is 0 Å². The number of halogens is 1. The van der Waals surface area contributed by atoms with E-state index in [2.05, 4.69) is 52.2 Å². The molecule has 1 aromatic rings. The van der Waals surface area contributed by atoms with Crippen LogP contribution in [0.3, 0.4) is 0 Å². The van der Waals surface area contributed by atoms with Crippen molar-refractivity contribution < 1.29 is 0 Å². The first kappa shape index (κ1) is 11.2. The summed E-state index contributed by atoms with van der Waals surface area (Å²) in [4.78, 5) is 0. The molecule has 0 radical (unpaired) electrons. The minimum absolute atomic E-state index is 0.901. The Kier molecular flexibility index (Phi) is 4.29. The van der Waals surface area contributed by atoms with Crippen molar-refractivity contribution in [3.8, 4) is 0 Å². The van der Waals surface area contributed by atoms with Gasteiger partial charge in [-0.2, -0.15) is 0 Å². The molecule has 0 aliphatic heterocycles. The van der Waals surface area contributed by atoms with Crippen LogP contribution in [0, 0.1) is 9.49 Å². The van der Waals surface area contributed by atoms with Crippen LogP contribution < -0.4 is 5.32 Å². The maximum absolute atomic E-state index is 3.54. The Labute approximate surface area is 106 Å². The molecule has 0 saturated heterocycles. The van der Waals surface area contributed by atoms with Crippen molar-refractivity contribution >= 4 is 28.3 Å². The Morgan fingerprint density at radius 3 is 2.40 bits per heavy atom. The molecule has 1 aromatic carbocycles. The third kappa shape index (κ3) is 3.67. The van der Waals surface area contributed by atoms with Gasteiger partial charge < -0.3 is 5.32 Å². The van der Waals surface area contributed by atoms with Crippen LogP contribution in [0.25, 0.3) is 0 Å². The van der Waals surface area contributed by atoms with Crippen LogP contribution in [0.15, 0.2) is 24.3 Å². The van der Waals surface area contributed by atoms with E-state index in [9.17, 15) is 0 Å². The number of rotatable bonds is 3. The monoisotopic (exact) mass is 315 g/mol. The highest BCUT2D eigenvalue weighted by Crippen LogP contribution is 2.24. The highest BCUT2D eigenvalue weighted by Gasteiger charge is 2.12. The Hall–Kier alpha value is -0.250. The summed E-state index contributed by atoms with van der Waals surface area (Å²) in [5.74, 6) is 0.901. The van der Waals surface area contributed by atoms with Gasteiger partial charge in [0.15, 0.2) is 0 Å². The number of hydrogen-bond acceptors (Lipinski definition) is 1. The van der Waals surface area contributed by atoms with Gasteiger partial charge in [0, 0.05) is 15.8 Å². The summed E-state index contributed by atoms with van der Waals surface area (Å²) in [7, 11) is 0. The smallest absolute Gasteiger partial charge is 0.0340 e. The van der Waals surface area contributed by atoms with Gasteiger partial charge in [0.1, 0.15) is 0 Å². The summed E-state index contributed by atoms with van der Waals surface area (Å²) in [5, 5.41) is 3.54. The van der Waals surface area contributed by atoms with Crippen molar-refractivity contribution in [3.63, 3.8) is 0 Å². The van der Waals surface area contributed by atoms with Crippen molar-refractivity contribution in [1.29, 1.82) is 0 Å². The molecule has 1 nitrogen and oxygen atoms in total. The SMILES string of the molecule is Ic1ccc(NCC2CCCCC2)cc1. The van der Waals surface area contributed by atoms with Gasteiger partial charge in [-0.05, 0) is 65.6 Å². The van der Waals surface area contributed by atoms with Crippen molar-refractivity contribution in [2.24, 2.45) is 5.92 Å². The van der Waals surface area contributed by atoms with E-state index in [1.54, 1.807) is 0 Å². The first-order valence-corrected chi connectivity index (χ1v) is 6.92. The molecular formula is C13H18IN. The summed E-state index contributed by atoms with van der Waals surface area (Å²) in [6, 6.07) is 8.66. The molecule has 0 heterocycles. The van der Waals surface area contributed by atoms with Crippen LogP contribution in [-0.2, 0) is 0 Å². The van der Waals surface area contributed by atoms with E-state index in [1.807, 2.05) is 0 Å². The molecule has 0 unspecified atom stereocenters. The molecular weight excluding hydrogens is 297 g/mol. The van der Waals surface area contributed by atoms with E-state index < -0.39 is 0 Å². The van der Waals surface area contributed by atoms with Gasteiger partial charge in [-0.25, -0.2) is 0 Å². The van der Waals surface area contributed by atoms with Crippen LogP contribution in [0.1, 0.15) is 32.1 Å². The van der Waals surface area contributed by atoms with Crippen LogP contribution in [0.2, 0.25) is 0 Å². The largest absolute Gasteiger partial charge is 0.385 e. The second-order valence-corrected chi connectivity index (χ2v) is 5.64. The van der Waals surface area contributed by atoms with Crippen LogP contribution >= 0.6 is 22.6 Å². The Morgan fingerprint density at radius 2 is 1.73 bits per heavy atom. The van der Waals surface area contributed by atoms with Gasteiger partial charge in [0.05, 0.1) is 0 Å². The average molecular weight is 315 g/mol. The third-order valence-electron chi connectivity index (χ3n) is 3.16. The Morgan fingerprint density at radius 1 is 1.07 bits per heavy atom. The highest BCUT2D eigenvalue weighted by molar-refractivity contribution is 14.1. The molecule has 1 aliphatic rings. The zero-order valence-corrected chi connectivity index (χ0v) is 11.2. The second kappa shape index (κ2) is 5.73. The topological polar surface area (TPSA) is 12.0 Å². The Bertz CT molecular complexity index is 288. The van der Waals surface area contributed by atoms with E-state index in [4.69, 9.17) is 0 Å². The molecule has 1 aliphatic carbocycles. The minimum atomic E-state index is 0.901. The molecule has 2 heteroatoms. The molecule has 2 rings (SSSR count). The number of anilines is 1. The lowest BCUT2D eigenvalue weighted by molar-refractivity contribution is 0.373. The molecule has 0 amide bonds. The van der Waals surface area contributed by atoms with Gasteiger partial charge in [-0.1, -0.05) is 19.3 Å². The summed E-state index contributed by atoms with van der Waals surface area (Å²) < 4.78 is 1.30. The van der Waals surface area contributed by atoms with Crippen molar-refractivity contribution in [2.45, 2.75) is 32.1 Å². The predicted molar refractivity (Wildman–Crippen MR) is 74.2 cm³/mol. The molecule has 0 bridgehead atoms. The van der Waals surface area contributed by atoms with Crippen LogP contribution in [0.4, 0.5) is 5.69 Å². The van der Waals surface area contributed by atoms with Gasteiger partial charge in [-0.15, -0.1) is 0 Å². The van der Waals surface area contributed by atoms with Gasteiger partial charge in [0.2, 0.25) is 0 Å². The standard InChI is InChI=1S/C13H18IN/c14-12-6-8-13(9-7-12)15-10-11-4-2-1-3-5-11/h6-9,11,15H,1-5,10H2. The van der Waals surface area contributed by atoms with Gasteiger partial charge in [0.25, 0.3) is 0 Å². The van der Waals surface area contributed by atoms with Crippen molar-refractivity contribution in [1.82, 2.24) is 0 Å². The first-order chi connectivity index (χ1) is 7.34. The van der Waals surface area contributed by atoms with Crippen LogP contribution in [-0.4, -0.2) is 6.54 Å². The maximum Gasteiger partial charge on any atom is 0.0340 e. The molecule has 0 aromatic heterocycles. The van der Waals surface area contributed by atoms with E-state index in [0.29, 0.717) is 0 Å². The lowest BCUT2D eigenvalue weighted by Gasteiger charge is -2.22. The molecule has 15 heavy (non-hydrogen) atoms. The quantitative estimate of drug-likeness (QED) is 0.821. The van der Waals surface area contributed by atoms with E-state index in [-0.39, 0.29) is 0 Å². The fourth-order valence-corrected chi connectivity index (χ4v) is 2.58. The number of nitrogens with one attached hydrogen (secondary N) is 1. The fraction of sp³-hybridized carbons (Fsp3) is 0.538. The molecule has 82 valence electrons. The molecule has 1 N–H and O–H groups in total. The average Bonchev–Trinajstić information content (AvgIpc) is 2.30. The van der Waals surface area contributed by atoms with Crippen LogP contribution in [0.5, 0.6) is 0 Å². The van der Waals surface area contributed by atoms with Crippen molar-refractivity contribution in [2.75, 3.05) is 11.9 Å². The second-order valence-electron chi connectivity index (χ2n) is 4.39. The number of hydrogen-bond donors (Lipinski definition) is 1. The summed E-state index contributed by atoms with van der Waals surface area (Å²) in [5.41, 5.74) is 1.26. The lowest BCUT2D eigenvalue weighted by Crippen LogP contribution is -2.16. The minimum Gasteiger partial charge on any atom is -0.385 e. The molecule has 1 saturated carbocycles. The van der Waals surface area contributed by atoms with E-state index in [0.717, 1.165) is 12.5 Å². The van der Waals surface area contributed by atoms with E-state index >= 15 is 0 Å².